The number of aromatic nitrogens is 1. The van der Waals surface area contributed by atoms with Crippen molar-refractivity contribution >= 4 is 23.5 Å². The van der Waals surface area contributed by atoms with Gasteiger partial charge in [-0.25, -0.2) is 5.01 Å². The lowest BCUT2D eigenvalue weighted by Gasteiger charge is -2.27. The van der Waals surface area contributed by atoms with Crippen LogP contribution >= 0.6 is 0 Å². The van der Waals surface area contributed by atoms with Crippen molar-refractivity contribution in [3.8, 4) is 0 Å². The number of pyridine rings is 1. The Balaban J connectivity index is 0.00000361. The zero-order valence-corrected chi connectivity index (χ0v) is 29.6. The molecular formula is C37H56N6O3. The number of amides is 1. The molecule has 2 atom stereocenters. The summed E-state index contributed by atoms with van der Waals surface area (Å²) in [6.07, 6.45) is 11.1. The van der Waals surface area contributed by atoms with Crippen LogP contribution in [-0.4, -0.2) is 84.1 Å². The number of hydrazine groups is 1. The van der Waals surface area contributed by atoms with Crippen LogP contribution < -0.4 is 11.6 Å². The first-order chi connectivity index (χ1) is 21.6. The average Bonchev–Trinajstić information content (AvgIpc) is 2.98. The third kappa shape index (κ3) is 11.9. The van der Waals surface area contributed by atoms with Crippen LogP contribution in [0.25, 0.3) is 11.6 Å². The fourth-order valence-electron chi connectivity index (χ4n) is 5.24. The van der Waals surface area contributed by atoms with Gasteiger partial charge in [-0.1, -0.05) is 55.9 Å². The molecule has 1 aliphatic rings. The molecule has 46 heavy (non-hydrogen) atoms. The summed E-state index contributed by atoms with van der Waals surface area (Å²) in [4.78, 5) is 33.0. The molecule has 9 nitrogen and oxygen atoms in total. The molecule has 4 N–H and O–H groups in total. The average molecular weight is 633 g/mol. The lowest BCUT2D eigenvalue weighted by atomic mass is 9.96. The summed E-state index contributed by atoms with van der Waals surface area (Å²) in [6, 6.07) is 9.12. The Labute approximate surface area is 276 Å². The van der Waals surface area contributed by atoms with Gasteiger partial charge in [0.2, 0.25) is 0 Å². The molecule has 0 spiro atoms. The number of likely N-dealkylation sites (N-methyl/N-ethyl adjacent to an activating group) is 1. The van der Waals surface area contributed by atoms with Crippen molar-refractivity contribution < 1.29 is 14.3 Å². The quantitative estimate of drug-likeness (QED) is 0.139. The van der Waals surface area contributed by atoms with Gasteiger partial charge in [0.15, 0.2) is 0 Å². The SMILES string of the molecule is C/C(=C\c1c(C(/C=C\C(N)CC(=O)OC(C)(C)C)N(C)N)ccnc1C)CN1CC=C(c2ccc(C(=O)N(C)C)cc2)CC1.CC. The highest BCUT2D eigenvalue weighted by Crippen LogP contribution is 2.28. The molecule has 9 heteroatoms. The summed E-state index contributed by atoms with van der Waals surface area (Å²) in [7, 11) is 5.34. The lowest BCUT2D eigenvalue weighted by molar-refractivity contribution is -0.154. The van der Waals surface area contributed by atoms with Crippen LogP contribution in [0.1, 0.15) is 93.2 Å². The molecule has 1 aromatic carbocycles. The van der Waals surface area contributed by atoms with Gasteiger partial charge in [0.1, 0.15) is 5.60 Å². The molecule has 252 valence electrons. The molecule has 0 aliphatic carbocycles. The molecular weight excluding hydrogens is 576 g/mol. The number of esters is 1. The summed E-state index contributed by atoms with van der Waals surface area (Å²) in [5.74, 6) is 5.99. The monoisotopic (exact) mass is 632 g/mol. The van der Waals surface area contributed by atoms with E-state index in [4.69, 9.17) is 16.3 Å². The Morgan fingerprint density at radius 2 is 1.74 bits per heavy atom. The number of carbonyl (C=O) groups excluding carboxylic acids is 2. The van der Waals surface area contributed by atoms with Crippen LogP contribution in [0.5, 0.6) is 0 Å². The van der Waals surface area contributed by atoms with E-state index in [1.54, 1.807) is 30.2 Å². The number of hydrogen-bond donors (Lipinski definition) is 2. The third-order valence-electron chi connectivity index (χ3n) is 7.41. The molecule has 0 radical (unpaired) electrons. The maximum Gasteiger partial charge on any atom is 0.308 e. The zero-order valence-electron chi connectivity index (χ0n) is 29.6. The van der Waals surface area contributed by atoms with Crippen LogP contribution in [0.2, 0.25) is 0 Å². The maximum absolute atomic E-state index is 12.2. The fourth-order valence-corrected chi connectivity index (χ4v) is 5.24. The number of rotatable bonds is 11. The van der Waals surface area contributed by atoms with Gasteiger partial charge < -0.3 is 15.4 Å². The van der Waals surface area contributed by atoms with Gasteiger partial charge in [-0.2, -0.15) is 0 Å². The summed E-state index contributed by atoms with van der Waals surface area (Å²) < 4.78 is 5.41. The number of aryl methyl sites for hydroxylation is 1. The number of nitrogens with two attached hydrogens (primary N) is 2. The summed E-state index contributed by atoms with van der Waals surface area (Å²) >= 11 is 0. The van der Waals surface area contributed by atoms with Crippen molar-refractivity contribution in [2.75, 3.05) is 40.8 Å². The van der Waals surface area contributed by atoms with E-state index in [1.165, 1.54) is 16.7 Å². The van der Waals surface area contributed by atoms with Crippen molar-refractivity contribution in [3.05, 3.63) is 88.3 Å². The predicted octanol–water partition coefficient (Wildman–Crippen LogP) is 5.77. The maximum atomic E-state index is 12.2. The van der Waals surface area contributed by atoms with Gasteiger partial charge in [-0.3, -0.25) is 25.3 Å². The number of ether oxygens (including phenoxy) is 1. The fraction of sp³-hybridized carbons (Fsp3) is 0.486. The van der Waals surface area contributed by atoms with Crippen molar-refractivity contribution in [2.45, 2.75) is 79.0 Å². The van der Waals surface area contributed by atoms with E-state index in [0.717, 1.165) is 42.9 Å². The molecule has 1 amide bonds. The van der Waals surface area contributed by atoms with Gasteiger partial charge in [0, 0.05) is 69.8 Å². The molecule has 2 heterocycles. The van der Waals surface area contributed by atoms with E-state index in [9.17, 15) is 9.59 Å². The molecule has 1 aromatic heterocycles. The standard InChI is InChI=1S/C35H50N6O3.C2H6/c1-24(23-41-19-16-27(17-20-41)26-9-11-28(12-10-26)34(43)39(6)7)21-31-25(2)38-18-15-30(31)32(40(8)37)14-13-29(36)22-33(42)44-35(3,4)5;1-2/h9-16,18,21,29,32H,17,19-20,22-23,36-37H2,1-8H3;1-2H3/b14-13-,24-21+;. The predicted molar refractivity (Wildman–Crippen MR) is 190 cm³/mol. The summed E-state index contributed by atoms with van der Waals surface area (Å²) in [5.41, 5.74) is 13.0. The van der Waals surface area contributed by atoms with Gasteiger partial charge in [-0.15, -0.1) is 0 Å². The van der Waals surface area contributed by atoms with Crippen LogP contribution in [0.15, 0.2) is 60.3 Å². The molecule has 0 saturated carbocycles. The van der Waals surface area contributed by atoms with Crippen molar-refractivity contribution in [1.29, 1.82) is 0 Å². The molecule has 2 aromatic rings. The Bertz CT molecular complexity index is 1390. The molecule has 0 fully saturated rings. The third-order valence-corrected chi connectivity index (χ3v) is 7.41. The first kappa shape index (κ1) is 38.6. The largest absolute Gasteiger partial charge is 0.460 e. The highest BCUT2D eigenvalue weighted by atomic mass is 16.6. The Morgan fingerprint density at radius 3 is 2.28 bits per heavy atom. The number of hydrogen-bond acceptors (Lipinski definition) is 8. The van der Waals surface area contributed by atoms with E-state index in [-0.39, 0.29) is 24.3 Å². The van der Waals surface area contributed by atoms with Crippen LogP contribution in [0.3, 0.4) is 0 Å². The second-order valence-electron chi connectivity index (χ2n) is 12.8. The van der Waals surface area contributed by atoms with Gasteiger partial charge in [-0.05, 0) is 75.9 Å². The second-order valence-corrected chi connectivity index (χ2v) is 12.8. The van der Waals surface area contributed by atoms with Crippen molar-refractivity contribution in [3.63, 3.8) is 0 Å². The Kier molecular flexibility index (Phi) is 15.0. The first-order valence-electron chi connectivity index (χ1n) is 16.1. The minimum atomic E-state index is -0.554. The van der Waals surface area contributed by atoms with Crippen LogP contribution in [0.4, 0.5) is 0 Å². The van der Waals surface area contributed by atoms with Crippen LogP contribution in [-0.2, 0) is 9.53 Å². The van der Waals surface area contributed by atoms with Crippen LogP contribution in [0, 0.1) is 6.92 Å². The first-order valence-corrected chi connectivity index (χ1v) is 16.1. The summed E-state index contributed by atoms with van der Waals surface area (Å²) in [5, 5.41) is 1.64. The normalized spacial score (nSPS) is 15.6. The van der Waals surface area contributed by atoms with Gasteiger partial charge in [0.25, 0.3) is 5.91 Å². The molecule has 0 saturated heterocycles. The van der Waals surface area contributed by atoms with Crippen molar-refractivity contribution in [2.24, 2.45) is 11.6 Å². The van der Waals surface area contributed by atoms with E-state index in [0.29, 0.717) is 5.56 Å². The van der Waals surface area contributed by atoms with E-state index >= 15 is 0 Å². The smallest absolute Gasteiger partial charge is 0.308 e. The van der Waals surface area contributed by atoms with E-state index in [1.807, 2.05) is 91.1 Å². The number of nitrogens with zero attached hydrogens (tertiary/aromatic N) is 4. The van der Waals surface area contributed by atoms with E-state index < -0.39 is 11.6 Å². The second kappa shape index (κ2) is 17.9. The van der Waals surface area contributed by atoms with Crippen molar-refractivity contribution in [1.82, 2.24) is 19.8 Å². The number of benzene rings is 1. The molecule has 1 aliphatic heterocycles. The lowest BCUT2D eigenvalue weighted by Crippen LogP contribution is -2.32. The van der Waals surface area contributed by atoms with Gasteiger partial charge >= 0.3 is 5.97 Å². The summed E-state index contributed by atoms with van der Waals surface area (Å²) in [6.45, 7) is 16.3. The molecule has 2 unspecified atom stereocenters. The highest BCUT2D eigenvalue weighted by Gasteiger charge is 2.21. The Morgan fingerprint density at radius 1 is 1.09 bits per heavy atom. The minimum Gasteiger partial charge on any atom is -0.460 e. The highest BCUT2D eigenvalue weighted by molar-refractivity contribution is 5.94. The molecule has 0 bridgehead atoms. The number of carbonyl (C=O) groups is 2. The molecule has 3 rings (SSSR count). The Hall–Kier alpha value is -3.63. The van der Waals surface area contributed by atoms with E-state index in [2.05, 4.69) is 29.0 Å². The van der Waals surface area contributed by atoms with Gasteiger partial charge in [0.05, 0.1) is 12.5 Å². The minimum absolute atomic E-state index is 0.0110. The zero-order chi connectivity index (χ0) is 34.6. The topological polar surface area (TPSA) is 118 Å².